The zero-order valence-electron chi connectivity index (χ0n) is 19.0. The van der Waals surface area contributed by atoms with Crippen molar-refractivity contribution < 1.29 is 9.53 Å². The first-order valence-corrected chi connectivity index (χ1v) is 11.6. The molecule has 6 nitrogen and oxygen atoms in total. The summed E-state index contributed by atoms with van der Waals surface area (Å²) in [6.07, 6.45) is 5.62. The molecule has 7 heteroatoms. The molecular formula is C24H33ClN4O2. The van der Waals surface area contributed by atoms with E-state index < -0.39 is 0 Å². The maximum Gasteiger partial charge on any atom is 0.226 e. The average Bonchev–Trinajstić information content (AvgIpc) is 2.77. The summed E-state index contributed by atoms with van der Waals surface area (Å²) in [5.74, 6) is 2.25. The molecule has 0 saturated carbocycles. The molecule has 31 heavy (non-hydrogen) atoms. The Morgan fingerprint density at radius 3 is 2.77 bits per heavy atom. The number of ether oxygens (including phenoxy) is 1. The quantitative estimate of drug-likeness (QED) is 0.539. The van der Waals surface area contributed by atoms with Crippen molar-refractivity contribution in [1.29, 1.82) is 0 Å². The normalized spacial score (nSPS) is 17.5. The standard InChI is InChI=1S/C24H33ClN4O2/c1-5-7-8-19(6-2)24(30)29-12-11-28(15-18(29)4)22-14-23(27-16-26-22)31-21-13-17(3)9-10-20(21)25/h9-10,13-14,16,18-19H,5-8,11-12,15H2,1-4H3/t18-,19-/m1/s1. The van der Waals surface area contributed by atoms with Crippen molar-refractivity contribution in [2.45, 2.75) is 59.4 Å². The predicted molar refractivity (Wildman–Crippen MR) is 125 cm³/mol. The summed E-state index contributed by atoms with van der Waals surface area (Å²) in [4.78, 5) is 26.0. The fourth-order valence-corrected chi connectivity index (χ4v) is 4.20. The molecule has 3 rings (SSSR count). The van der Waals surface area contributed by atoms with E-state index in [-0.39, 0.29) is 12.0 Å². The molecule has 0 aliphatic carbocycles. The van der Waals surface area contributed by atoms with Gasteiger partial charge in [0.05, 0.1) is 5.02 Å². The molecule has 2 heterocycles. The van der Waals surface area contributed by atoms with Gasteiger partial charge in [-0.05, 0) is 44.4 Å². The molecule has 1 fully saturated rings. The van der Waals surface area contributed by atoms with Gasteiger partial charge in [-0.2, -0.15) is 0 Å². The van der Waals surface area contributed by atoms with Crippen LogP contribution in [-0.2, 0) is 4.79 Å². The molecule has 0 radical (unpaired) electrons. The smallest absolute Gasteiger partial charge is 0.226 e. The Kier molecular flexibility index (Phi) is 8.13. The van der Waals surface area contributed by atoms with Crippen LogP contribution in [0.4, 0.5) is 5.82 Å². The van der Waals surface area contributed by atoms with Gasteiger partial charge in [0.15, 0.2) is 0 Å². The van der Waals surface area contributed by atoms with Gasteiger partial charge in [-0.25, -0.2) is 9.97 Å². The molecule has 1 saturated heterocycles. The Hall–Kier alpha value is -2.34. The van der Waals surface area contributed by atoms with E-state index in [1.165, 1.54) is 6.33 Å². The number of carbonyl (C=O) groups is 1. The van der Waals surface area contributed by atoms with Crippen molar-refractivity contribution in [3.05, 3.63) is 41.2 Å². The van der Waals surface area contributed by atoms with E-state index in [4.69, 9.17) is 16.3 Å². The second-order valence-electron chi connectivity index (χ2n) is 8.32. The summed E-state index contributed by atoms with van der Waals surface area (Å²) in [6, 6.07) is 7.60. The Bertz CT molecular complexity index is 892. The van der Waals surface area contributed by atoms with Gasteiger partial charge in [-0.3, -0.25) is 4.79 Å². The summed E-state index contributed by atoms with van der Waals surface area (Å²) in [5.41, 5.74) is 1.06. The SMILES string of the molecule is CCCC[C@@H](CC)C(=O)N1CCN(c2cc(Oc3cc(C)ccc3Cl)ncn2)C[C@H]1C. The largest absolute Gasteiger partial charge is 0.437 e. The maximum atomic E-state index is 13.1. The lowest BCUT2D eigenvalue weighted by atomic mass is 9.96. The van der Waals surface area contributed by atoms with Crippen LogP contribution < -0.4 is 9.64 Å². The van der Waals surface area contributed by atoms with Gasteiger partial charge in [0.25, 0.3) is 0 Å². The monoisotopic (exact) mass is 444 g/mol. The number of halogens is 1. The summed E-state index contributed by atoms with van der Waals surface area (Å²) < 4.78 is 5.92. The van der Waals surface area contributed by atoms with E-state index in [0.717, 1.165) is 50.2 Å². The number of carbonyl (C=O) groups excluding carboxylic acids is 1. The van der Waals surface area contributed by atoms with Crippen LogP contribution in [0.25, 0.3) is 0 Å². The number of amides is 1. The first-order chi connectivity index (χ1) is 14.9. The summed E-state index contributed by atoms with van der Waals surface area (Å²) in [5, 5.41) is 0.542. The van der Waals surface area contributed by atoms with Gasteiger partial charge in [-0.15, -0.1) is 0 Å². The molecule has 2 aromatic rings. The van der Waals surface area contributed by atoms with Crippen LogP contribution in [-0.4, -0.2) is 46.5 Å². The fraction of sp³-hybridized carbons (Fsp3) is 0.542. The molecule has 0 spiro atoms. The number of aromatic nitrogens is 2. The van der Waals surface area contributed by atoms with Crippen LogP contribution in [0.15, 0.2) is 30.6 Å². The summed E-state index contributed by atoms with van der Waals surface area (Å²) in [7, 11) is 0. The van der Waals surface area contributed by atoms with Crippen LogP contribution in [0.1, 0.15) is 52.0 Å². The van der Waals surface area contributed by atoms with Gasteiger partial charge >= 0.3 is 0 Å². The van der Waals surface area contributed by atoms with Crippen LogP contribution in [0.3, 0.4) is 0 Å². The first-order valence-electron chi connectivity index (χ1n) is 11.2. The number of hydrogen-bond donors (Lipinski definition) is 0. The van der Waals surface area contributed by atoms with Crippen LogP contribution in [0, 0.1) is 12.8 Å². The molecule has 0 N–H and O–H groups in total. The zero-order valence-corrected chi connectivity index (χ0v) is 19.7. The third-order valence-electron chi connectivity index (χ3n) is 5.91. The summed E-state index contributed by atoms with van der Waals surface area (Å²) >= 11 is 6.25. The van der Waals surface area contributed by atoms with Crippen molar-refractivity contribution in [3.63, 3.8) is 0 Å². The minimum Gasteiger partial charge on any atom is -0.437 e. The number of hydrogen-bond acceptors (Lipinski definition) is 5. The van der Waals surface area contributed by atoms with Gasteiger partial charge in [0, 0.05) is 37.7 Å². The highest BCUT2D eigenvalue weighted by atomic mass is 35.5. The summed E-state index contributed by atoms with van der Waals surface area (Å²) in [6.45, 7) is 10.6. The number of benzene rings is 1. The second kappa shape index (κ2) is 10.8. The van der Waals surface area contributed by atoms with Crippen molar-refractivity contribution in [3.8, 4) is 11.6 Å². The molecule has 1 aromatic carbocycles. The van der Waals surface area contributed by atoms with Gasteiger partial charge < -0.3 is 14.5 Å². The van der Waals surface area contributed by atoms with E-state index >= 15 is 0 Å². The molecule has 1 amide bonds. The Labute approximate surface area is 190 Å². The van der Waals surface area contributed by atoms with Gasteiger partial charge in [0.2, 0.25) is 11.8 Å². The fourth-order valence-electron chi connectivity index (χ4n) is 4.04. The van der Waals surface area contributed by atoms with E-state index in [1.54, 1.807) is 0 Å². The molecule has 0 unspecified atom stereocenters. The van der Waals surface area contributed by atoms with Crippen LogP contribution >= 0.6 is 11.6 Å². The lowest BCUT2D eigenvalue weighted by molar-refractivity contribution is -0.138. The number of anilines is 1. The molecule has 0 bridgehead atoms. The Morgan fingerprint density at radius 2 is 2.06 bits per heavy atom. The molecule has 1 aliphatic heterocycles. The van der Waals surface area contributed by atoms with Crippen LogP contribution in [0.2, 0.25) is 5.02 Å². The lowest BCUT2D eigenvalue weighted by Crippen LogP contribution is -2.55. The molecule has 1 aromatic heterocycles. The highest BCUT2D eigenvalue weighted by molar-refractivity contribution is 6.32. The van der Waals surface area contributed by atoms with Crippen LogP contribution in [0.5, 0.6) is 11.6 Å². The number of nitrogens with zero attached hydrogens (tertiary/aromatic N) is 4. The minimum atomic E-state index is 0.127. The Balaban J connectivity index is 1.67. The lowest BCUT2D eigenvalue weighted by Gasteiger charge is -2.41. The highest BCUT2D eigenvalue weighted by Crippen LogP contribution is 2.30. The number of piperazine rings is 1. The Morgan fingerprint density at radius 1 is 1.26 bits per heavy atom. The number of rotatable bonds is 8. The van der Waals surface area contributed by atoms with Crippen molar-refractivity contribution >= 4 is 23.3 Å². The third kappa shape index (κ3) is 5.88. The highest BCUT2D eigenvalue weighted by Gasteiger charge is 2.31. The first kappa shape index (κ1) is 23.3. The second-order valence-corrected chi connectivity index (χ2v) is 8.73. The zero-order chi connectivity index (χ0) is 22.4. The predicted octanol–water partition coefficient (Wildman–Crippen LogP) is 5.48. The van der Waals surface area contributed by atoms with Crippen molar-refractivity contribution in [2.75, 3.05) is 24.5 Å². The van der Waals surface area contributed by atoms with Crippen molar-refractivity contribution in [2.24, 2.45) is 5.92 Å². The van der Waals surface area contributed by atoms with Gasteiger partial charge in [0.1, 0.15) is 17.9 Å². The maximum absolute atomic E-state index is 13.1. The average molecular weight is 445 g/mol. The van der Waals surface area contributed by atoms with Crippen molar-refractivity contribution in [1.82, 2.24) is 14.9 Å². The minimum absolute atomic E-state index is 0.127. The molecule has 1 aliphatic rings. The van der Waals surface area contributed by atoms with Gasteiger partial charge in [-0.1, -0.05) is 44.4 Å². The van der Waals surface area contributed by atoms with E-state index in [1.807, 2.05) is 36.1 Å². The number of aryl methyl sites for hydroxylation is 1. The van der Waals surface area contributed by atoms with E-state index in [0.29, 0.717) is 29.1 Å². The third-order valence-corrected chi connectivity index (χ3v) is 6.22. The van der Waals surface area contributed by atoms with E-state index in [2.05, 4.69) is 35.6 Å². The topological polar surface area (TPSA) is 58.6 Å². The molecular weight excluding hydrogens is 412 g/mol. The molecule has 2 atom stereocenters. The number of unbranched alkanes of at least 4 members (excludes halogenated alkanes) is 1. The molecule has 168 valence electrons. The van der Waals surface area contributed by atoms with E-state index in [9.17, 15) is 4.79 Å².